The van der Waals surface area contributed by atoms with Crippen molar-refractivity contribution in [2.75, 3.05) is 31.1 Å². The molecule has 2 fully saturated rings. The lowest BCUT2D eigenvalue weighted by Gasteiger charge is -2.30. The first-order valence-electron chi connectivity index (χ1n) is 9.85. The van der Waals surface area contributed by atoms with Gasteiger partial charge in [-0.25, -0.2) is 13.4 Å². The number of sulfonamides is 1. The Morgan fingerprint density at radius 1 is 1.04 bits per heavy atom. The second-order valence-corrected chi connectivity index (χ2v) is 10.5. The lowest BCUT2D eigenvalue weighted by atomic mass is 10.0. The first kappa shape index (κ1) is 18.9. The minimum Gasteiger partial charge on any atom is -0.348 e. The van der Waals surface area contributed by atoms with Crippen LogP contribution in [-0.4, -0.2) is 43.9 Å². The van der Waals surface area contributed by atoms with Gasteiger partial charge in [0, 0.05) is 37.1 Å². The summed E-state index contributed by atoms with van der Waals surface area (Å²) in [5.41, 5.74) is 1.90. The average molecular weight is 406 g/mol. The zero-order chi connectivity index (χ0) is 18.9. The van der Waals surface area contributed by atoms with E-state index in [1.807, 2.05) is 12.1 Å². The van der Waals surface area contributed by atoms with Crippen molar-refractivity contribution < 1.29 is 8.42 Å². The molecule has 2 aliphatic rings. The van der Waals surface area contributed by atoms with Crippen LogP contribution in [0.1, 0.15) is 39.0 Å². The monoisotopic (exact) mass is 405 g/mol. The normalized spacial score (nSPS) is 22.1. The minimum atomic E-state index is -3.37. The molecule has 0 N–H and O–H groups in total. The molecule has 0 saturated carbocycles. The highest BCUT2D eigenvalue weighted by Gasteiger charge is 2.26. The van der Waals surface area contributed by atoms with Crippen molar-refractivity contribution in [3.8, 4) is 11.3 Å². The maximum absolute atomic E-state index is 12.8. The predicted octanol–water partition coefficient (Wildman–Crippen LogP) is 4.22. The van der Waals surface area contributed by atoms with Crippen LogP contribution in [0, 0.1) is 5.92 Å². The van der Waals surface area contributed by atoms with Gasteiger partial charge < -0.3 is 4.90 Å². The molecule has 2 saturated heterocycles. The molecule has 1 aromatic carbocycles. The molecule has 0 amide bonds. The lowest BCUT2D eigenvalue weighted by molar-refractivity contribution is 0.346. The molecular formula is C20H27N3O2S2. The number of piperidine rings is 2. The Bertz CT molecular complexity index is 871. The number of nitrogens with zero attached hydrogens (tertiary/aromatic N) is 3. The fourth-order valence-corrected chi connectivity index (χ4v) is 6.35. The van der Waals surface area contributed by atoms with Gasteiger partial charge in [-0.05, 0) is 43.7 Å². The third-order valence-corrected chi connectivity index (χ3v) is 8.34. The molecule has 2 aliphatic heterocycles. The third kappa shape index (κ3) is 4.05. The molecule has 0 spiro atoms. The maximum Gasteiger partial charge on any atom is 0.243 e. The molecule has 5 nitrogen and oxygen atoms in total. The Morgan fingerprint density at radius 2 is 1.78 bits per heavy atom. The summed E-state index contributed by atoms with van der Waals surface area (Å²) in [7, 11) is -3.37. The van der Waals surface area contributed by atoms with E-state index in [0.29, 0.717) is 23.9 Å². The third-order valence-electron chi connectivity index (χ3n) is 5.52. The van der Waals surface area contributed by atoms with E-state index in [4.69, 9.17) is 4.98 Å². The van der Waals surface area contributed by atoms with Crippen molar-refractivity contribution in [3.05, 3.63) is 29.6 Å². The highest BCUT2D eigenvalue weighted by atomic mass is 32.2. The molecule has 0 radical (unpaired) electrons. The molecule has 2 aromatic rings. The molecule has 0 aliphatic carbocycles. The van der Waals surface area contributed by atoms with Gasteiger partial charge in [0.2, 0.25) is 10.0 Å². The molecule has 0 bridgehead atoms. The number of hydrogen-bond acceptors (Lipinski definition) is 5. The first-order valence-corrected chi connectivity index (χ1v) is 12.2. The van der Waals surface area contributed by atoms with Crippen LogP contribution in [0.4, 0.5) is 5.13 Å². The second kappa shape index (κ2) is 7.89. The smallest absolute Gasteiger partial charge is 0.243 e. The summed E-state index contributed by atoms with van der Waals surface area (Å²) in [4.78, 5) is 7.56. The van der Waals surface area contributed by atoms with Crippen LogP contribution in [0.2, 0.25) is 0 Å². The molecule has 1 unspecified atom stereocenters. The van der Waals surface area contributed by atoms with Crippen molar-refractivity contribution in [1.29, 1.82) is 0 Å². The van der Waals surface area contributed by atoms with E-state index in [9.17, 15) is 8.42 Å². The quantitative estimate of drug-likeness (QED) is 0.764. The zero-order valence-electron chi connectivity index (χ0n) is 15.8. The van der Waals surface area contributed by atoms with Crippen LogP contribution in [0.3, 0.4) is 0 Å². The van der Waals surface area contributed by atoms with Gasteiger partial charge in [-0.2, -0.15) is 4.31 Å². The Balaban J connectivity index is 1.51. The van der Waals surface area contributed by atoms with Crippen LogP contribution < -0.4 is 4.90 Å². The van der Waals surface area contributed by atoms with Gasteiger partial charge in [0.25, 0.3) is 0 Å². The SMILES string of the molecule is CC1CCCN(c2nc(-c3ccc(S(=O)(=O)N4CCCCC4)cc3)cs2)C1. The maximum atomic E-state index is 12.8. The highest BCUT2D eigenvalue weighted by Crippen LogP contribution is 2.31. The standard InChI is InChI=1S/C20H27N3O2S2/c1-16-6-5-11-22(14-16)20-21-19(15-26-20)17-7-9-18(10-8-17)27(24,25)23-12-3-2-4-13-23/h7-10,15-16H,2-6,11-14H2,1H3. The molecule has 146 valence electrons. The van der Waals surface area contributed by atoms with Crippen LogP contribution >= 0.6 is 11.3 Å². The molecule has 4 rings (SSSR count). The van der Waals surface area contributed by atoms with Gasteiger partial charge in [-0.1, -0.05) is 25.5 Å². The van der Waals surface area contributed by atoms with Gasteiger partial charge in [0.05, 0.1) is 10.6 Å². The topological polar surface area (TPSA) is 53.5 Å². The number of aromatic nitrogens is 1. The highest BCUT2D eigenvalue weighted by molar-refractivity contribution is 7.89. The molecule has 1 aromatic heterocycles. The molecule has 7 heteroatoms. The van der Waals surface area contributed by atoms with E-state index >= 15 is 0 Å². The van der Waals surface area contributed by atoms with Gasteiger partial charge >= 0.3 is 0 Å². The Labute approximate surface area is 166 Å². The summed E-state index contributed by atoms with van der Waals surface area (Å²) in [6.07, 6.45) is 5.54. The van der Waals surface area contributed by atoms with E-state index in [1.54, 1.807) is 27.8 Å². The Kier molecular flexibility index (Phi) is 5.53. The number of anilines is 1. The fraction of sp³-hybridized carbons (Fsp3) is 0.550. The summed E-state index contributed by atoms with van der Waals surface area (Å²) in [5.74, 6) is 0.713. The van der Waals surface area contributed by atoms with Gasteiger partial charge in [-0.3, -0.25) is 0 Å². The van der Waals surface area contributed by atoms with E-state index in [1.165, 1.54) is 12.8 Å². The molecule has 1 atom stereocenters. The van der Waals surface area contributed by atoms with Crippen LogP contribution in [0.5, 0.6) is 0 Å². The van der Waals surface area contributed by atoms with Gasteiger partial charge in [0.1, 0.15) is 0 Å². The van der Waals surface area contributed by atoms with E-state index < -0.39 is 10.0 Å². The first-order chi connectivity index (χ1) is 13.0. The number of hydrogen-bond donors (Lipinski definition) is 0. The summed E-state index contributed by atoms with van der Waals surface area (Å²) in [5, 5.41) is 3.14. The molecular weight excluding hydrogens is 378 g/mol. The summed E-state index contributed by atoms with van der Waals surface area (Å²) >= 11 is 1.67. The van der Waals surface area contributed by atoms with Crippen molar-refractivity contribution in [3.63, 3.8) is 0 Å². The van der Waals surface area contributed by atoms with E-state index in [-0.39, 0.29) is 0 Å². The summed E-state index contributed by atoms with van der Waals surface area (Å²) < 4.78 is 27.2. The van der Waals surface area contributed by atoms with Crippen molar-refractivity contribution in [1.82, 2.24) is 9.29 Å². The van der Waals surface area contributed by atoms with Gasteiger partial charge in [0.15, 0.2) is 5.13 Å². The fourth-order valence-electron chi connectivity index (χ4n) is 3.96. The summed E-state index contributed by atoms with van der Waals surface area (Å²) in [6.45, 7) is 5.70. The zero-order valence-corrected chi connectivity index (χ0v) is 17.4. The van der Waals surface area contributed by atoms with Crippen LogP contribution in [-0.2, 0) is 10.0 Å². The van der Waals surface area contributed by atoms with Crippen molar-refractivity contribution in [2.24, 2.45) is 5.92 Å². The molecule has 27 heavy (non-hydrogen) atoms. The Hall–Kier alpha value is -1.44. The predicted molar refractivity (Wildman–Crippen MR) is 111 cm³/mol. The van der Waals surface area contributed by atoms with Crippen molar-refractivity contribution >= 4 is 26.5 Å². The summed E-state index contributed by atoms with van der Waals surface area (Å²) in [6, 6.07) is 7.21. The number of rotatable bonds is 4. The lowest BCUT2D eigenvalue weighted by Crippen LogP contribution is -2.35. The van der Waals surface area contributed by atoms with Gasteiger partial charge in [-0.15, -0.1) is 11.3 Å². The van der Waals surface area contributed by atoms with Crippen LogP contribution in [0.25, 0.3) is 11.3 Å². The van der Waals surface area contributed by atoms with Crippen LogP contribution in [0.15, 0.2) is 34.5 Å². The average Bonchev–Trinajstić information content (AvgIpc) is 3.19. The minimum absolute atomic E-state index is 0.383. The largest absolute Gasteiger partial charge is 0.348 e. The molecule has 3 heterocycles. The second-order valence-electron chi connectivity index (χ2n) is 7.70. The Morgan fingerprint density at radius 3 is 2.48 bits per heavy atom. The van der Waals surface area contributed by atoms with E-state index in [0.717, 1.165) is 48.7 Å². The number of thiazole rings is 1. The number of benzene rings is 1. The van der Waals surface area contributed by atoms with E-state index in [2.05, 4.69) is 17.2 Å². The van der Waals surface area contributed by atoms with Crippen molar-refractivity contribution in [2.45, 2.75) is 43.9 Å².